The number of imidazole rings is 2. The van der Waals surface area contributed by atoms with Crippen molar-refractivity contribution in [1.82, 2.24) is 23.7 Å². The van der Waals surface area contributed by atoms with Gasteiger partial charge >= 0.3 is 5.69 Å². The lowest BCUT2D eigenvalue weighted by molar-refractivity contribution is 0.414. The lowest BCUT2D eigenvalue weighted by Gasteiger charge is -2.10. The SMILES string of the molecule is COc1ccc(-n2c(=O)n(Cc3nc4cc(Cl)ccc4n3CCCSC)c3cnccc32)cc1. The lowest BCUT2D eigenvalue weighted by Crippen LogP contribution is -2.25. The molecule has 0 spiro atoms. The molecule has 0 fully saturated rings. The molecule has 0 amide bonds. The number of pyridine rings is 1. The van der Waals surface area contributed by atoms with E-state index >= 15 is 0 Å². The Morgan fingerprint density at radius 2 is 1.85 bits per heavy atom. The number of rotatable bonds is 8. The van der Waals surface area contributed by atoms with Crippen molar-refractivity contribution in [3.8, 4) is 11.4 Å². The Labute approximate surface area is 206 Å². The molecule has 5 aromatic rings. The Balaban J connectivity index is 1.64. The van der Waals surface area contributed by atoms with E-state index in [1.807, 2.05) is 60.3 Å². The van der Waals surface area contributed by atoms with Crippen molar-refractivity contribution < 1.29 is 4.74 Å². The molecule has 174 valence electrons. The van der Waals surface area contributed by atoms with Crippen molar-refractivity contribution in [2.24, 2.45) is 0 Å². The average Bonchev–Trinajstić information content (AvgIpc) is 3.33. The normalized spacial score (nSPS) is 11.5. The fourth-order valence-corrected chi connectivity index (χ4v) is 4.85. The summed E-state index contributed by atoms with van der Waals surface area (Å²) in [4.78, 5) is 22.8. The first-order valence-corrected chi connectivity index (χ1v) is 12.7. The summed E-state index contributed by atoms with van der Waals surface area (Å²) in [6.07, 6.45) is 6.54. The van der Waals surface area contributed by atoms with Gasteiger partial charge in [-0.25, -0.2) is 9.78 Å². The molecule has 7 nitrogen and oxygen atoms in total. The molecule has 3 aromatic heterocycles. The van der Waals surface area contributed by atoms with E-state index < -0.39 is 0 Å². The van der Waals surface area contributed by atoms with Gasteiger partial charge in [-0.2, -0.15) is 11.8 Å². The van der Waals surface area contributed by atoms with E-state index in [4.69, 9.17) is 21.3 Å². The molecule has 5 rings (SSSR count). The zero-order valence-corrected chi connectivity index (χ0v) is 20.5. The topological polar surface area (TPSA) is 66.9 Å². The van der Waals surface area contributed by atoms with Gasteiger partial charge in [-0.05, 0) is 67.0 Å². The zero-order chi connectivity index (χ0) is 23.7. The van der Waals surface area contributed by atoms with Crippen LogP contribution in [0.15, 0.2) is 65.7 Å². The van der Waals surface area contributed by atoms with E-state index in [0.717, 1.165) is 58.0 Å². The smallest absolute Gasteiger partial charge is 0.334 e. The molecule has 0 saturated carbocycles. The van der Waals surface area contributed by atoms with Crippen LogP contribution >= 0.6 is 23.4 Å². The maximum absolute atomic E-state index is 13.7. The minimum absolute atomic E-state index is 0.145. The van der Waals surface area contributed by atoms with Crippen LogP contribution in [-0.2, 0) is 13.1 Å². The van der Waals surface area contributed by atoms with E-state index in [9.17, 15) is 4.79 Å². The Morgan fingerprint density at radius 3 is 2.62 bits per heavy atom. The Morgan fingerprint density at radius 1 is 1.03 bits per heavy atom. The summed E-state index contributed by atoms with van der Waals surface area (Å²) in [6.45, 7) is 1.15. The highest BCUT2D eigenvalue weighted by Gasteiger charge is 2.18. The van der Waals surface area contributed by atoms with Crippen LogP contribution in [0.3, 0.4) is 0 Å². The van der Waals surface area contributed by atoms with Crippen molar-refractivity contribution in [3.63, 3.8) is 0 Å². The molecule has 0 atom stereocenters. The van der Waals surface area contributed by atoms with E-state index in [2.05, 4.69) is 15.8 Å². The second-order valence-electron chi connectivity index (χ2n) is 7.93. The van der Waals surface area contributed by atoms with Gasteiger partial charge in [0.15, 0.2) is 0 Å². The molecule has 0 aliphatic rings. The molecule has 0 bridgehead atoms. The summed E-state index contributed by atoms with van der Waals surface area (Å²) in [5.41, 5.74) is 4.01. The van der Waals surface area contributed by atoms with Crippen LogP contribution in [0, 0.1) is 0 Å². The summed E-state index contributed by atoms with van der Waals surface area (Å²) in [5, 5.41) is 0.644. The molecule has 0 saturated heterocycles. The minimum atomic E-state index is -0.145. The second-order valence-corrected chi connectivity index (χ2v) is 9.35. The molecule has 0 aliphatic carbocycles. The monoisotopic (exact) mass is 493 g/mol. The van der Waals surface area contributed by atoms with Gasteiger partial charge in [0, 0.05) is 17.8 Å². The Hall–Kier alpha value is -3.23. The number of aromatic nitrogens is 5. The Kier molecular flexibility index (Phi) is 6.34. The number of nitrogens with zero attached hydrogens (tertiary/aromatic N) is 5. The highest BCUT2D eigenvalue weighted by atomic mass is 35.5. The summed E-state index contributed by atoms with van der Waals surface area (Å²) in [5.74, 6) is 2.60. The fourth-order valence-electron chi connectivity index (χ4n) is 4.27. The third-order valence-corrected chi connectivity index (χ3v) is 6.81. The fraction of sp³-hybridized carbons (Fsp3) is 0.240. The molecule has 34 heavy (non-hydrogen) atoms. The van der Waals surface area contributed by atoms with Gasteiger partial charge in [-0.15, -0.1) is 0 Å². The molecular weight excluding hydrogens is 470 g/mol. The number of fused-ring (bicyclic) bond motifs is 2. The van der Waals surface area contributed by atoms with Crippen LogP contribution in [0.1, 0.15) is 12.2 Å². The number of hydrogen-bond donors (Lipinski definition) is 0. The number of thioether (sulfide) groups is 1. The van der Waals surface area contributed by atoms with E-state index in [0.29, 0.717) is 11.6 Å². The van der Waals surface area contributed by atoms with Crippen LogP contribution in [0.5, 0.6) is 5.75 Å². The molecule has 3 heterocycles. The van der Waals surface area contributed by atoms with Gasteiger partial charge in [0.1, 0.15) is 11.6 Å². The molecule has 0 aliphatic heterocycles. The van der Waals surface area contributed by atoms with Gasteiger partial charge in [0.2, 0.25) is 0 Å². The van der Waals surface area contributed by atoms with Crippen molar-refractivity contribution in [2.45, 2.75) is 19.5 Å². The average molecular weight is 494 g/mol. The van der Waals surface area contributed by atoms with Crippen LogP contribution in [0.2, 0.25) is 5.02 Å². The van der Waals surface area contributed by atoms with Crippen molar-refractivity contribution in [3.05, 3.63) is 82.3 Å². The quantitative estimate of drug-likeness (QED) is 0.284. The largest absolute Gasteiger partial charge is 0.497 e. The summed E-state index contributed by atoms with van der Waals surface area (Å²) in [7, 11) is 1.62. The predicted octanol–water partition coefficient (Wildman–Crippen LogP) is 5.00. The number of hydrogen-bond acceptors (Lipinski definition) is 5. The highest BCUT2D eigenvalue weighted by molar-refractivity contribution is 7.98. The first kappa shape index (κ1) is 22.6. The standard InChI is InChI=1S/C25H24ClN5O2S/c1-33-19-7-5-18(6-8-19)31-22-10-11-27-15-23(22)30(25(31)32)16-24-28-20-14-17(26)4-9-21(20)29(24)12-3-13-34-2/h4-11,14-15H,3,12-13,16H2,1-2H3. The van der Waals surface area contributed by atoms with E-state index in [-0.39, 0.29) is 5.69 Å². The third-order valence-electron chi connectivity index (χ3n) is 5.88. The van der Waals surface area contributed by atoms with Crippen LogP contribution in [0.4, 0.5) is 0 Å². The number of aryl methyl sites for hydroxylation is 1. The van der Waals surface area contributed by atoms with Crippen LogP contribution in [0.25, 0.3) is 27.8 Å². The number of methoxy groups -OCH3 is 1. The third kappa shape index (κ3) is 4.08. The molecule has 2 aromatic carbocycles. The Bertz CT molecular complexity index is 1520. The van der Waals surface area contributed by atoms with Gasteiger partial charge < -0.3 is 9.30 Å². The summed E-state index contributed by atoms with van der Waals surface area (Å²) < 4.78 is 10.9. The zero-order valence-electron chi connectivity index (χ0n) is 18.9. The van der Waals surface area contributed by atoms with Gasteiger partial charge in [-0.3, -0.25) is 14.1 Å². The van der Waals surface area contributed by atoms with Gasteiger partial charge in [0.05, 0.1) is 47.6 Å². The van der Waals surface area contributed by atoms with E-state index in [1.165, 1.54) is 0 Å². The van der Waals surface area contributed by atoms with Crippen LogP contribution < -0.4 is 10.4 Å². The lowest BCUT2D eigenvalue weighted by atomic mass is 10.3. The minimum Gasteiger partial charge on any atom is -0.497 e. The van der Waals surface area contributed by atoms with Crippen LogP contribution in [-0.4, -0.2) is 42.8 Å². The molecule has 0 N–H and O–H groups in total. The number of ether oxygens (including phenoxy) is 1. The first-order valence-electron chi connectivity index (χ1n) is 10.9. The second kappa shape index (κ2) is 9.56. The number of halogens is 1. The first-order chi connectivity index (χ1) is 16.6. The molecular formula is C25H24ClN5O2S. The summed E-state index contributed by atoms with van der Waals surface area (Å²) >= 11 is 8.05. The maximum Gasteiger partial charge on any atom is 0.334 e. The van der Waals surface area contributed by atoms with Gasteiger partial charge in [0.25, 0.3) is 0 Å². The molecule has 0 unspecified atom stereocenters. The number of benzene rings is 2. The summed E-state index contributed by atoms with van der Waals surface area (Å²) in [6, 6.07) is 15.1. The van der Waals surface area contributed by atoms with Gasteiger partial charge in [-0.1, -0.05) is 11.6 Å². The maximum atomic E-state index is 13.7. The predicted molar refractivity (Wildman–Crippen MR) is 139 cm³/mol. The van der Waals surface area contributed by atoms with Crippen molar-refractivity contribution in [1.29, 1.82) is 0 Å². The van der Waals surface area contributed by atoms with E-state index in [1.54, 1.807) is 28.6 Å². The van der Waals surface area contributed by atoms with Crippen molar-refractivity contribution in [2.75, 3.05) is 19.1 Å². The molecule has 9 heteroatoms. The van der Waals surface area contributed by atoms with Crippen molar-refractivity contribution >= 4 is 45.4 Å². The molecule has 0 radical (unpaired) electrons. The highest BCUT2D eigenvalue weighted by Crippen LogP contribution is 2.24.